The van der Waals surface area contributed by atoms with E-state index in [1.807, 2.05) is 60.7 Å². The van der Waals surface area contributed by atoms with Gasteiger partial charge in [-0.25, -0.2) is 0 Å². The van der Waals surface area contributed by atoms with Crippen molar-refractivity contribution in [2.24, 2.45) is 10.9 Å². The van der Waals surface area contributed by atoms with Crippen LogP contribution in [0.4, 0.5) is 11.4 Å². The van der Waals surface area contributed by atoms with Crippen molar-refractivity contribution in [2.45, 2.75) is 25.3 Å². The molecule has 5 heteroatoms. The average Bonchev–Trinajstić information content (AvgIpc) is 2.96. The fraction of sp³-hybridized carbons (Fsp3) is 0.192. The van der Waals surface area contributed by atoms with E-state index in [4.69, 9.17) is 16.6 Å². The lowest BCUT2D eigenvalue weighted by molar-refractivity contribution is -0.122. The van der Waals surface area contributed by atoms with Gasteiger partial charge in [0.05, 0.1) is 23.3 Å². The molecule has 3 aromatic carbocycles. The molecule has 2 atom stereocenters. The second kappa shape index (κ2) is 8.12. The molecule has 1 fully saturated rings. The first-order chi connectivity index (χ1) is 15.1. The molecule has 0 spiro atoms. The zero-order valence-corrected chi connectivity index (χ0v) is 17.6. The molecule has 1 heterocycles. The number of anilines is 1. The molecule has 2 unspecified atom stereocenters. The number of hydrogen-bond donors (Lipinski definition) is 1. The first kappa shape index (κ1) is 19.7. The second-order valence-corrected chi connectivity index (χ2v) is 8.38. The van der Waals surface area contributed by atoms with Crippen LogP contribution in [0.3, 0.4) is 0 Å². The first-order valence-corrected chi connectivity index (χ1v) is 10.8. The minimum absolute atomic E-state index is 0.0493. The van der Waals surface area contributed by atoms with Crippen LogP contribution in [0.5, 0.6) is 0 Å². The van der Waals surface area contributed by atoms with Crippen LogP contribution in [0.1, 0.15) is 46.8 Å². The molecule has 1 saturated carbocycles. The van der Waals surface area contributed by atoms with Gasteiger partial charge in [0.25, 0.3) is 0 Å². The van der Waals surface area contributed by atoms with Gasteiger partial charge in [-0.2, -0.15) is 0 Å². The van der Waals surface area contributed by atoms with Crippen LogP contribution in [0, 0.1) is 5.92 Å². The maximum absolute atomic E-state index is 13.0. The number of carbonyl (C=O) groups excluding carboxylic acids is 2. The van der Waals surface area contributed by atoms with Crippen LogP contribution in [0.25, 0.3) is 0 Å². The molecular formula is C26H21ClN2O2. The van der Waals surface area contributed by atoms with E-state index in [2.05, 4.69) is 5.32 Å². The van der Waals surface area contributed by atoms with Crippen molar-refractivity contribution >= 4 is 40.3 Å². The highest BCUT2D eigenvalue weighted by molar-refractivity contribution is 6.31. The summed E-state index contributed by atoms with van der Waals surface area (Å²) in [7, 11) is 0. The third-order valence-corrected chi connectivity index (χ3v) is 6.35. The molecule has 0 radical (unpaired) electrons. The fourth-order valence-corrected chi connectivity index (χ4v) is 4.73. The number of rotatable bonds is 3. The van der Waals surface area contributed by atoms with Crippen molar-refractivity contribution in [2.75, 3.05) is 5.32 Å². The van der Waals surface area contributed by atoms with E-state index in [-0.39, 0.29) is 23.5 Å². The predicted molar refractivity (Wildman–Crippen MR) is 124 cm³/mol. The lowest BCUT2D eigenvalue weighted by Crippen LogP contribution is -2.36. The minimum Gasteiger partial charge on any atom is -0.375 e. The van der Waals surface area contributed by atoms with Crippen molar-refractivity contribution in [3.8, 4) is 0 Å². The lowest BCUT2D eigenvalue weighted by atomic mass is 9.78. The molecule has 1 N–H and O–H groups in total. The highest BCUT2D eigenvalue weighted by atomic mass is 35.5. The van der Waals surface area contributed by atoms with Crippen LogP contribution >= 0.6 is 11.6 Å². The van der Waals surface area contributed by atoms with Crippen molar-refractivity contribution in [3.63, 3.8) is 0 Å². The molecule has 1 aliphatic carbocycles. The van der Waals surface area contributed by atoms with Gasteiger partial charge in [-0.05, 0) is 42.7 Å². The number of ketones is 2. The molecule has 31 heavy (non-hydrogen) atoms. The van der Waals surface area contributed by atoms with Gasteiger partial charge in [0, 0.05) is 28.3 Å². The molecule has 2 aliphatic rings. The zero-order valence-electron chi connectivity index (χ0n) is 16.8. The van der Waals surface area contributed by atoms with Crippen LogP contribution in [-0.2, 0) is 4.79 Å². The topological polar surface area (TPSA) is 58.5 Å². The number of nitrogens with zero attached hydrogens (tertiary/aromatic N) is 1. The minimum atomic E-state index is -0.366. The number of carbonyl (C=O) groups is 2. The number of nitrogens with one attached hydrogen (secondary N) is 1. The van der Waals surface area contributed by atoms with E-state index in [0.717, 1.165) is 29.8 Å². The Kier molecular flexibility index (Phi) is 5.16. The lowest BCUT2D eigenvalue weighted by Gasteiger charge is -2.30. The molecule has 1 aliphatic heterocycles. The van der Waals surface area contributed by atoms with Gasteiger partial charge in [0.15, 0.2) is 5.78 Å². The van der Waals surface area contributed by atoms with Gasteiger partial charge < -0.3 is 5.32 Å². The maximum atomic E-state index is 13.0. The Balaban J connectivity index is 1.60. The number of halogens is 1. The molecule has 5 rings (SSSR count). The molecule has 3 aromatic rings. The average molecular weight is 429 g/mol. The van der Waals surface area contributed by atoms with Crippen molar-refractivity contribution in [3.05, 3.63) is 94.5 Å². The molecule has 154 valence electrons. The summed E-state index contributed by atoms with van der Waals surface area (Å²) in [5.41, 5.74) is 4.43. The zero-order chi connectivity index (χ0) is 21.4. The van der Waals surface area contributed by atoms with E-state index >= 15 is 0 Å². The van der Waals surface area contributed by atoms with Crippen LogP contribution in [0.2, 0.25) is 5.02 Å². The van der Waals surface area contributed by atoms with Gasteiger partial charge in [-0.15, -0.1) is 0 Å². The Bertz CT molecular complexity index is 1200. The highest BCUT2D eigenvalue weighted by Gasteiger charge is 2.38. The summed E-state index contributed by atoms with van der Waals surface area (Å²) in [6.07, 6.45) is 2.09. The summed E-state index contributed by atoms with van der Waals surface area (Å²) in [5, 5.41) is 4.14. The standard InChI is InChI=1S/C26H21ClN2O2/c27-19-10-5-4-9-18(19)25-24-21(11-6-12-23(24)30)28-22-15-17(13-14-20(22)29-25)26(31)16-7-2-1-3-8-16/h1-5,7-10,13-15,24-25,29H,6,11-12H2. The summed E-state index contributed by atoms with van der Waals surface area (Å²) >= 11 is 6.52. The third-order valence-electron chi connectivity index (χ3n) is 6.01. The highest BCUT2D eigenvalue weighted by Crippen LogP contribution is 2.42. The van der Waals surface area contributed by atoms with Gasteiger partial charge in [0.1, 0.15) is 5.78 Å². The Labute approximate surface area is 186 Å². The van der Waals surface area contributed by atoms with E-state index in [0.29, 0.717) is 28.3 Å². The quantitative estimate of drug-likeness (QED) is 0.507. The van der Waals surface area contributed by atoms with Crippen molar-refractivity contribution in [1.82, 2.24) is 0 Å². The van der Waals surface area contributed by atoms with Crippen molar-refractivity contribution in [1.29, 1.82) is 0 Å². The summed E-state index contributed by atoms with van der Waals surface area (Å²) < 4.78 is 0. The Morgan fingerprint density at radius 3 is 2.52 bits per heavy atom. The first-order valence-electron chi connectivity index (χ1n) is 10.5. The number of Topliss-reactive ketones (excluding diaryl/α,β-unsaturated/α-hetero) is 1. The molecule has 0 bridgehead atoms. The van der Waals surface area contributed by atoms with Gasteiger partial charge in [-0.3, -0.25) is 14.6 Å². The van der Waals surface area contributed by atoms with E-state index in [1.165, 1.54) is 0 Å². The third kappa shape index (κ3) is 3.68. The monoisotopic (exact) mass is 428 g/mol. The van der Waals surface area contributed by atoms with Gasteiger partial charge in [0.2, 0.25) is 0 Å². The van der Waals surface area contributed by atoms with E-state index in [1.54, 1.807) is 12.1 Å². The predicted octanol–water partition coefficient (Wildman–Crippen LogP) is 6.18. The summed E-state index contributed by atoms with van der Waals surface area (Å²) in [5.74, 6) is -0.239. The van der Waals surface area contributed by atoms with Crippen LogP contribution < -0.4 is 5.32 Å². The Hall–Kier alpha value is -3.24. The second-order valence-electron chi connectivity index (χ2n) is 7.97. The Morgan fingerprint density at radius 2 is 1.71 bits per heavy atom. The van der Waals surface area contributed by atoms with Crippen molar-refractivity contribution < 1.29 is 9.59 Å². The summed E-state index contributed by atoms with van der Waals surface area (Å²) in [4.78, 5) is 30.8. The fourth-order valence-electron chi connectivity index (χ4n) is 4.48. The number of fused-ring (bicyclic) bond motifs is 2. The van der Waals surface area contributed by atoms with Crippen LogP contribution in [-0.4, -0.2) is 17.3 Å². The number of aliphatic imine (C=N–C) groups is 1. The van der Waals surface area contributed by atoms with E-state index in [9.17, 15) is 9.59 Å². The number of benzene rings is 3. The number of hydrogen-bond acceptors (Lipinski definition) is 4. The largest absolute Gasteiger partial charge is 0.375 e. The van der Waals surface area contributed by atoms with E-state index < -0.39 is 0 Å². The molecule has 4 nitrogen and oxygen atoms in total. The Morgan fingerprint density at radius 1 is 0.935 bits per heavy atom. The normalized spacial score (nSPS) is 20.0. The summed E-state index contributed by atoms with van der Waals surface area (Å²) in [6.45, 7) is 0. The molecule has 0 amide bonds. The summed E-state index contributed by atoms with van der Waals surface area (Å²) in [6, 6.07) is 22.0. The van der Waals surface area contributed by atoms with Crippen LogP contribution in [0.15, 0.2) is 77.8 Å². The van der Waals surface area contributed by atoms with Gasteiger partial charge in [-0.1, -0.05) is 60.1 Å². The molecule has 0 aromatic heterocycles. The van der Waals surface area contributed by atoms with Gasteiger partial charge >= 0.3 is 0 Å². The molecular weight excluding hydrogens is 408 g/mol. The SMILES string of the molecule is O=C(c1ccccc1)c1ccc2c(c1)N=C1CCCC(=O)C1C(c1ccccc1Cl)N2. The molecule has 0 saturated heterocycles. The maximum Gasteiger partial charge on any atom is 0.193 e. The smallest absolute Gasteiger partial charge is 0.193 e.